The number of nitrogens with one attached hydrogen (secondary N) is 3. The van der Waals surface area contributed by atoms with Gasteiger partial charge in [0.15, 0.2) is 5.96 Å². The molecule has 3 N–H and O–H groups in total. The van der Waals surface area contributed by atoms with Crippen molar-refractivity contribution in [2.24, 2.45) is 4.99 Å². The molecule has 0 fully saturated rings. The Morgan fingerprint density at radius 1 is 1.35 bits per heavy atom. The molecule has 0 aliphatic heterocycles. The van der Waals surface area contributed by atoms with Crippen molar-refractivity contribution in [3.63, 3.8) is 0 Å². The fourth-order valence-electron chi connectivity index (χ4n) is 2.18. The van der Waals surface area contributed by atoms with E-state index >= 15 is 0 Å². The van der Waals surface area contributed by atoms with Gasteiger partial charge in [0.25, 0.3) is 0 Å². The van der Waals surface area contributed by atoms with Crippen molar-refractivity contribution in [1.82, 2.24) is 15.6 Å². The van der Waals surface area contributed by atoms with Crippen LogP contribution in [0.15, 0.2) is 29.5 Å². The first-order valence-electron chi connectivity index (χ1n) is 8.32. The lowest BCUT2D eigenvalue weighted by Crippen LogP contribution is -2.44. The van der Waals surface area contributed by atoms with Crippen molar-refractivity contribution < 1.29 is 4.79 Å². The summed E-state index contributed by atoms with van der Waals surface area (Å²) in [5.41, 5.74) is 0.687. The summed E-state index contributed by atoms with van der Waals surface area (Å²) in [5.74, 6) is 0.519. The molecule has 1 rings (SSSR count). The van der Waals surface area contributed by atoms with Crippen molar-refractivity contribution in [1.29, 1.82) is 0 Å². The van der Waals surface area contributed by atoms with Crippen LogP contribution >= 0.6 is 0 Å². The number of amides is 1. The van der Waals surface area contributed by atoms with Gasteiger partial charge in [-0.15, -0.1) is 0 Å². The number of unbranched alkanes of at least 4 members (excludes halogenated alkanes) is 3. The fraction of sp³-hybridized carbons (Fsp3) is 0.588. The lowest BCUT2D eigenvalue weighted by Gasteiger charge is -2.17. The third-order valence-electron chi connectivity index (χ3n) is 3.46. The second kappa shape index (κ2) is 11.5. The quantitative estimate of drug-likeness (QED) is 0.371. The predicted molar refractivity (Wildman–Crippen MR) is 95.6 cm³/mol. The lowest BCUT2D eigenvalue weighted by molar-refractivity contribution is -0.115. The van der Waals surface area contributed by atoms with E-state index in [0.717, 1.165) is 6.42 Å². The maximum atomic E-state index is 11.9. The normalized spacial score (nSPS) is 12.6. The zero-order valence-corrected chi connectivity index (χ0v) is 14.4. The van der Waals surface area contributed by atoms with Crippen LogP contribution in [-0.2, 0) is 4.79 Å². The third-order valence-corrected chi connectivity index (χ3v) is 3.46. The second-order valence-corrected chi connectivity index (χ2v) is 5.61. The molecule has 1 unspecified atom stereocenters. The molecule has 0 bridgehead atoms. The summed E-state index contributed by atoms with van der Waals surface area (Å²) in [6, 6.07) is 3.92. The van der Waals surface area contributed by atoms with Gasteiger partial charge in [-0.3, -0.25) is 14.8 Å². The fourth-order valence-corrected chi connectivity index (χ4v) is 2.18. The number of hydrogen-bond acceptors (Lipinski definition) is 3. The van der Waals surface area contributed by atoms with Crippen molar-refractivity contribution in [3.05, 3.63) is 24.5 Å². The van der Waals surface area contributed by atoms with Crippen LogP contribution in [0.5, 0.6) is 0 Å². The molecule has 0 aromatic carbocycles. The van der Waals surface area contributed by atoms with E-state index in [1.54, 1.807) is 31.6 Å². The van der Waals surface area contributed by atoms with E-state index in [4.69, 9.17) is 0 Å². The van der Waals surface area contributed by atoms with E-state index in [1.807, 2.05) is 0 Å². The molecule has 0 spiro atoms. The first-order valence-corrected chi connectivity index (χ1v) is 8.32. The van der Waals surface area contributed by atoms with E-state index in [9.17, 15) is 4.79 Å². The standard InChI is InChI=1S/C17H29N5O/c1-4-5-6-7-9-14(2)21-17(18-3)20-13-16(23)22-15-10-8-11-19-12-15/h8,10-12,14H,4-7,9,13H2,1-3H3,(H,22,23)(H2,18,20,21). The number of hydrogen-bond donors (Lipinski definition) is 3. The van der Waals surface area contributed by atoms with Crippen molar-refractivity contribution in [2.45, 2.75) is 52.0 Å². The maximum absolute atomic E-state index is 11.9. The highest BCUT2D eigenvalue weighted by Gasteiger charge is 2.07. The zero-order valence-electron chi connectivity index (χ0n) is 14.4. The van der Waals surface area contributed by atoms with Gasteiger partial charge in [-0.2, -0.15) is 0 Å². The first-order chi connectivity index (χ1) is 11.2. The van der Waals surface area contributed by atoms with Crippen LogP contribution in [0, 0.1) is 0 Å². The Balaban J connectivity index is 2.26. The average molecular weight is 319 g/mol. The molecule has 1 amide bonds. The van der Waals surface area contributed by atoms with Crippen molar-refractivity contribution >= 4 is 17.6 Å². The van der Waals surface area contributed by atoms with E-state index in [2.05, 4.69) is 39.8 Å². The Morgan fingerprint density at radius 2 is 2.17 bits per heavy atom. The van der Waals surface area contributed by atoms with Crippen LogP contribution in [0.4, 0.5) is 5.69 Å². The van der Waals surface area contributed by atoms with Gasteiger partial charge in [-0.25, -0.2) is 0 Å². The number of carbonyl (C=O) groups excluding carboxylic acids is 1. The minimum absolute atomic E-state index is 0.128. The van der Waals surface area contributed by atoms with Gasteiger partial charge in [0.2, 0.25) is 5.91 Å². The van der Waals surface area contributed by atoms with Crippen LogP contribution in [-0.4, -0.2) is 36.5 Å². The highest BCUT2D eigenvalue weighted by atomic mass is 16.1. The van der Waals surface area contributed by atoms with Gasteiger partial charge in [-0.05, 0) is 25.5 Å². The van der Waals surface area contributed by atoms with Crippen LogP contribution in [0.3, 0.4) is 0 Å². The molecule has 1 heterocycles. The highest BCUT2D eigenvalue weighted by Crippen LogP contribution is 2.05. The van der Waals surface area contributed by atoms with Crippen LogP contribution in [0.1, 0.15) is 46.0 Å². The Bertz CT molecular complexity index is 475. The zero-order chi connectivity index (χ0) is 16.9. The minimum Gasteiger partial charge on any atom is -0.354 e. The van der Waals surface area contributed by atoms with Gasteiger partial charge in [0.05, 0.1) is 18.4 Å². The molecule has 0 radical (unpaired) electrons. The van der Waals surface area contributed by atoms with E-state index in [-0.39, 0.29) is 12.5 Å². The molecular formula is C17H29N5O. The number of rotatable bonds is 9. The van der Waals surface area contributed by atoms with Gasteiger partial charge in [0, 0.05) is 19.3 Å². The molecule has 0 aliphatic rings. The summed E-state index contributed by atoms with van der Waals surface area (Å²) in [6.45, 7) is 4.51. The molecular weight excluding hydrogens is 290 g/mol. The summed E-state index contributed by atoms with van der Waals surface area (Å²) in [7, 11) is 1.71. The van der Waals surface area contributed by atoms with Crippen LogP contribution in [0.25, 0.3) is 0 Å². The summed E-state index contributed by atoms with van der Waals surface area (Å²) >= 11 is 0. The molecule has 6 heteroatoms. The predicted octanol–water partition coefficient (Wildman–Crippen LogP) is 2.54. The topological polar surface area (TPSA) is 78.4 Å². The maximum Gasteiger partial charge on any atom is 0.243 e. The Kier molecular flexibility index (Phi) is 9.43. The summed E-state index contributed by atoms with van der Waals surface area (Å²) in [6.07, 6.45) is 9.39. The monoisotopic (exact) mass is 319 g/mol. The minimum atomic E-state index is -0.128. The van der Waals surface area contributed by atoms with Crippen LogP contribution < -0.4 is 16.0 Å². The molecule has 0 aliphatic carbocycles. The Morgan fingerprint density at radius 3 is 2.83 bits per heavy atom. The summed E-state index contributed by atoms with van der Waals surface area (Å²) < 4.78 is 0. The molecule has 1 aromatic rings. The van der Waals surface area contributed by atoms with Gasteiger partial charge < -0.3 is 16.0 Å². The van der Waals surface area contributed by atoms with E-state index in [1.165, 1.54) is 25.7 Å². The lowest BCUT2D eigenvalue weighted by atomic mass is 10.1. The van der Waals surface area contributed by atoms with E-state index < -0.39 is 0 Å². The number of nitrogens with zero attached hydrogens (tertiary/aromatic N) is 2. The smallest absolute Gasteiger partial charge is 0.243 e. The average Bonchev–Trinajstić information content (AvgIpc) is 2.56. The number of aliphatic imine (C=N–C) groups is 1. The van der Waals surface area contributed by atoms with E-state index in [0.29, 0.717) is 17.7 Å². The molecule has 0 saturated heterocycles. The number of pyridine rings is 1. The first kappa shape index (κ1) is 18.9. The summed E-state index contributed by atoms with van der Waals surface area (Å²) in [4.78, 5) is 20.0. The number of anilines is 1. The molecule has 23 heavy (non-hydrogen) atoms. The van der Waals surface area contributed by atoms with Crippen molar-refractivity contribution in [3.8, 4) is 0 Å². The largest absolute Gasteiger partial charge is 0.354 e. The highest BCUT2D eigenvalue weighted by molar-refractivity contribution is 5.94. The Labute approximate surface area is 139 Å². The Hall–Kier alpha value is -2.11. The molecule has 1 aromatic heterocycles. The number of carbonyl (C=O) groups is 1. The third kappa shape index (κ3) is 8.80. The summed E-state index contributed by atoms with van der Waals surface area (Å²) in [5, 5.41) is 9.11. The van der Waals surface area contributed by atoms with Gasteiger partial charge in [0.1, 0.15) is 0 Å². The van der Waals surface area contributed by atoms with Gasteiger partial charge >= 0.3 is 0 Å². The molecule has 128 valence electrons. The van der Waals surface area contributed by atoms with Gasteiger partial charge in [-0.1, -0.05) is 32.6 Å². The number of guanidine groups is 1. The molecule has 1 atom stereocenters. The second-order valence-electron chi connectivity index (χ2n) is 5.61. The van der Waals surface area contributed by atoms with Crippen LogP contribution in [0.2, 0.25) is 0 Å². The molecule has 6 nitrogen and oxygen atoms in total. The number of aromatic nitrogens is 1. The van der Waals surface area contributed by atoms with Crippen molar-refractivity contribution in [2.75, 3.05) is 18.9 Å². The SMILES string of the molecule is CCCCCCC(C)NC(=NC)NCC(=O)Nc1cccnc1. The molecule has 0 saturated carbocycles.